The molecule has 2 heteroatoms. The quantitative estimate of drug-likeness (QED) is 0.215. The van der Waals surface area contributed by atoms with Crippen molar-refractivity contribution in [3.8, 4) is 0 Å². The average Bonchev–Trinajstić information content (AvgIpc) is 2.54. The Morgan fingerprint density at radius 2 is 1.09 bits per heavy atom. The number of ether oxygens (including phenoxy) is 1. The number of thiocarbonyl (C=S) groups is 1. The Morgan fingerprint density at radius 1 is 0.727 bits per heavy atom. The SMILES string of the molecule is CCCCCCCCCCCCCCCCC(C)C(=S)OC. The first-order chi connectivity index (χ1) is 10.7. The van der Waals surface area contributed by atoms with Gasteiger partial charge in [-0.1, -0.05) is 104 Å². The van der Waals surface area contributed by atoms with Gasteiger partial charge in [0.1, 0.15) is 0 Å². The Morgan fingerprint density at radius 3 is 1.45 bits per heavy atom. The largest absolute Gasteiger partial charge is 0.490 e. The second-order valence-electron chi connectivity index (χ2n) is 6.81. The number of hydrogen-bond acceptors (Lipinski definition) is 2. The van der Waals surface area contributed by atoms with Crippen LogP contribution in [-0.4, -0.2) is 12.2 Å². The normalized spacial score (nSPS) is 12.3. The van der Waals surface area contributed by atoms with Crippen LogP contribution in [0, 0.1) is 5.92 Å². The molecular weight excluding hydrogens is 288 g/mol. The van der Waals surface area contributed by atoms with Gasteiger partial charge in [0, 0.05) is 5.92 Å². The van der Waals surface area contributed by atoms with Crippen molar-refractivity contribution in [2.75, 3.05) is 7.11 Å². The minimum Gasteiger partial charge on any atom is -0.490 e. The first-order valence-electron chi connectivity index (χ1n) is 9.80. The molecule has 0 aliphatic rings. The van der Waals surface area contributed by atoms with Gasteiger partial charge in [0.25, 0.3) is 0 Å². The number of unbranched alkanes of at least 4 members (excludes halogenated alkanes) is 13. The second kappa shape index (κ2) is 17.2. The molecule has 1 unspecified atom stereocenters. The van der Waals surface area contributed by atoms with Crippen LogP contribution >= 0.6 is 12.2 Å². The summed E-state index contributed by atoms with van der Waals surface area (Å²) in [4.78, 5) is 0. The minimum atomic E-state index is 0.442. The molecule has 132 valence electrons. The van der Waals surface area contributed by atoms with E-state index in [2.05, 4.69) is 13.8 Å². The van der Waals surface area contributed by atoms with Gasteiger partial charge in [0.2, 0.25) is 0 Å². The molecule has 0 rings (SSSR count). The molecule has 0 radical (unpaired) electrons. The first kappa shape index (κ1) is 21.9. The zero-order chi connectivity index (χ0) is 16.5. The van der Waals surface area contributed by atoms with E-state index in [4.69, 9.17) is 17.0 Å². The van der Waals surface area contributed by atoms with Gasteiger partial charge in [0.05, 0.1) is 7.11 Å². The molecule has 1 atom stereocenters. The van der Waals surface area contributed by atoms with Crippen LogP contribution < -0.4 is 0 Å². The van der Waals surface area contributed by atoms with Crippen molar-refractivity contribution in [2.45, 2.75) is 110 Å². The number of hydrogen-bond donors (Lipinski definition) is 0. The van der Waals surface area contributed by atoms with E-state index >= 15 is 0 Å². The van der Waals surface area contributed by atoms with Crippen LogP contribution in [0.3, 0.4) is 0 Å². The molecule has 0 saturated carbocycles. The lowest BCUT2D eigenvalue weighted by Gasteiger charge is -2.11. The second-order valence-corrected chi connectivity index (χ2v) is 7.21. The zero-order valence-corrected chi connectivity index (χ0v) is 16.3. The summed E-state index contributed by atoms with van der Waals surface area (Å²) in [6, 6.07) is 0. The van der Waals surface area contributed by atoms with Crippen LogP contribution in [0.5, 0.6) is 0 Å². The predicted octanol–water partition coefficient (Wildman–Crippen LogP) is 7.47. The fraction of sp³-hybridized carbons (Fsp3) is 0.950. The van der Waals surface area contributed by atoms with E-state index in [1.54, 1.807) is 7.11 Å². The molecule has 0 saturated heterocycles. The van der Waals surface area contributed by atoms with Gasteiger partial charge in [-0.05, 0) is 18.6 Å². The maximum atomic E-state index is 5.16. The molecule has 0 aliphatic heterocycles. The molecule has 0 bridgehead atoms. The van der Waals surface area contributed by atoms with E-state index in [1.165, 1.54) is 96.3 Å². The van der Waals surface area contributed by atoms with Gasteiger partial charge in [-0.2, -0.15) is 0 Å². The smallest absolute Gasteiger partial charge is 0.162 e. The Kier molecular flexibility index (Phi) is 17.2. The highest BCUT2D eigenvalue weighted by molar-refractivity contribution is 7.80. The van der Waals surface area contributed by atoms with E-state index < -0.39 is 0 Å². The van der Waals surface area contributed by atoms with Gasteiger partial charge >= 0.3 is 0 Å². The summed E-state index contributed by atoms with van der Waals surface area (Å²) < 4.78 is 5.11. The topological polar surface area (TPSA) is 9.23 Å². The van der Waals surface area contributed by atoms with Crippen molar-refractivity contribution in [3.05, 3.63) is 0 Å². The fourth-order valence-corrected chi connectivity index (χ4v) is 3.08. The highest BCUT2D eigenvalue weighted by atomic mass is 32.1. The summed E-state index contributed by atoms with van der Waals surface area (Å²) in [5.41, 5.74) is 0. The molecule has 0 spiro atoms. The van der Waals surface area contributed by atoms with E-state index in [9.17, 15) is 0 Å². The lowest BCUT2D eigenvalue weighted by molar-refractivity contribution is 0.374. The lowest BCUT2D eigenvalue weighted by atomic mass is 10.0. The maximum absolute atomic E-state index is 5.16. The van der Waals surface area contributed by atoms with Crippen LogP contribution in [0.2, 0.25) is 0 Å². The molecule has 1 nitrogen and oxygen atoms in total. The molecule has 0 aromatic rings. The molecule has 0 amide bonds. The van der Waals surface area contributed by atoms with Gasteiger partial charge in [-0.25, -0.2) is 0 Å². The summed E-state index contributed by atoms with van der Waals surface area (Å²) in [6.07, 6.45) is 21.0. The maximum Gasteiger partial charge on any atom is 0.162 e. The molecule has 0 fully saturated rings. The molecule has 0 aliphatic carbocycles. The number of rotatable bonds is 16. The Balaban J connectivity index is 3.10. The molecular formula is C20H40OS. The van der Waals surface area contributed by atoms with Crippen molar-refractivity contribution in [1.29, 1.82) is 0 Å². The summed E-state index contributed by atoms with van der Waals surface area (Å²) in [7, 11) is 1.68. The summed E-state index contributed by atoms with van der Waals surface area (Å²) >= 11 is 5.16. The highest BCUT2D eigenvalue weighted by Crippen LogP contribution is 2.15. The monoisotopic (exact) mass is 328 g/mol. The molecule has 0 N–H and O–H groups in total. The Labute approximate surface area is 145 Å². The van der Waals surface area contributed by atoms with Gasteiger partial charge in [-0.3, -0.25) is 0 Å². The third kappa shape index (κ3) is 14.8. The minimum absolute atomic E-state index is 0.442. The van der Waals surface area contributed by atoms with Crippen LogP contribution in [0.25, 0.3) is 0 Å². The lowest BCUT2D eigenvalue weighted by Crippen LogP contribution is -2.09. The Hall–Kier alpha value is -0.110. The van der Waals surface area contributed by atoms with E-state index in [0.717, 1.165) is 5.05 Å². The molecule has 0 aromatic carbocycles. The van der Waals surface area contributed by atoms with Crippen LogP contribution in [-0.2, 0) is 4.74 Å². The predicted molar refractivity (Wildman–Crippen MR) is 104 cm³/mol. The van der Waals surface area contributed by atoms with Crippen LogP contribution in [0.15, 0.2) is 0 Å². The average molecular weight is 329 g/mol. The Bertz CT molecular complexity index is 240. The summed E-state index contributed by atoms with van der Waals surface area (Å²) in [6.45, 7) is 4.46. The molecule has 0 aromatic heterocycles. The third-order valence-electron chi connectivity index (χ3n) is 4.59. The summed E-state index contributed by atoms with van der Waals surface area (Å²) in [5, 5.41) is 0.773. The van der Waals surface area contributed by atoms with Crippen LogP contribution in [0.4, 0.5) is 0 Å². The van der Waals surface area contributed by atoms with Gasteiger partial charge in [0.15, 0.2) is 5.05 Å². The molecule has 0 heterocycles. The standard InChI is InChI=1S/C20H40OS/c1-4-5-6-7-8-9-10-11-12-13-14-15-16-17-18-19(2)20(22)21-3/h19H,4-18H2,1-3H3. The van der Waals surface area contributed by atoms with Gasteiger partial charge < -0.3 is 4.74 Å². The van der Waals surface area contributed by atoms with Crippen molar-refractivity contribution in [2.24, 2.45) is 5.92 Å². The third-order valence-corrected chi connectivity index (χ3v) is 5.16. The number of methoxy groups -OCH3 is 1. The van der Waals surface area contributed by atoms with Gasteiger partial charge in [-0.15, -0.1) is 0 Å². The molecule has 22 heavy (non-hydrogen) atoms. The van der Waals surface area contributed by atoms with E-state index in [-0.39, 0.29) is 0 Å². The van der Waals surface area contributed by atoms with Crippen molar-refractivity contribution >= 4 is 17.3 Å². The van der Waals surface area contributed by atoms with E-state index in [1.807, 2.05) is 0 Å². The first-order valence-corrected chi connectivity index (χ1v) is 10.2. The highest BCUT2D eigenvalue weighted by Gasteiger charge is 2.07. The summed E-state index contributed by atoms with van der Waals surface area (Å²) in [5.74, 6) is 0.442. The van der Waals surface area contributed by atoms with E-state index in [0.29, 0.717) is 5.92 Å². The fourth-order valence-electron chi connectivity index (χ4n) is 2.96. The van der Waals surface area contributed by atoms with Crippen LogP contribution in [0.1, 0.15) is 110 Å². The zero-order valence-electron chi connectivity index (χ0n) is 15.5. The van der Waals surface area contributed by atoms with Crippen molar-refractivity contribution in [1.82, 2.24) is 0 Å². The van der Waals surface area contributed by atoms with Crippen molar-refractivity contribution in [3.63, 3.8) is 0 Å². The van der Waals surface area contributed by atoms with Crippen molar-refractivity contribution < 1.29 is 4.74 Å².